The second-order valence-corrected chi connectivity index (χ2v) is 5.57. The predicted molar refractivity (Wildman–Crippen MR) is 93.5 cm³/mol. The molecule has 0 aliphatic carbocycles. The van der Waals surface area contributed by atoms with Gasteiger partial charge in [-0.25, -0.2) is 0 Å². The number of aromatic nitrogens is 4. The van der Waals surface area contributed by atoms with Gasteiger partial charge >= 0.3 is 0 Å². The second kappa shape index (κ2) is 6.37. The fourth-order valence-corrected chi connectivity index (χ4v) is 2.70. The maximum atomic E-state index is 5.98. The minimum atomic E-state index is 0.292. The second-order valence-electron chi connectivity index (χ2n) is 5.57. The van der Waals surface area contributed by atoms with Gasteiger partial charge in [-0.3, -0.25) is 9.38 Å². The van der Waals surface area contributed by atoms with Crippen molar-refractivity contribution >= 4 is 16.6 Å². The van der Waals surface area contributed by atoms with Gasteiger partial charge in [-0.05, 0) is 29.8 Å². The average molecular weight is 335 g/mol. The monoisotopic (exact) mass is 335 g/mol. The van der Waals surface area contributed by atoms with Crippen LogP contribution in [0, 0.1) is 0 Å². The highest BCUT2D eigenvalue weighted by Gasteiger charge is 2.09. The van der Waals surface area contributed by atoms with Crippen LogP contribution in [0.5, 0.6) is 11.5 Å². The summed E-state index contributed by atoms with van der Waals surface area (Å²) in [5.74, 6) is 2.21. The van der Waals surface area contributed by atoms with Crippen molar-refractivity contribution in [3.05, 3.63) is 60.2 Å². The lowest BCUT2D eigenvalue weighted by Gasteiger charge is -2.09. The number of rotatable bonds is 5. The quantitative estimate of drug-likeness (QED) is 0.602. The molecule has 2 N–H and O–H groups in total. The molecule has 3 aromatic heterocycles. The molecular formula is C18H17N5O2. The zero-order valence-corrected chi connectivity index (χ0v) is 13.7. The summed E-state index contributed by atoms with van der Waals surface area (Å²) in [5.41, 5.74) is 8.29. The van der Waals surface area contributed by atoms with Gasteiger partial charge in [0.05, 0.1) is 12.6 Å². The maximum absolute atomic E-state index is 5.98. The van der Waals surface area contributed by atoms with Crippen molar-refractivity contribution in [2.45, 2.75) is 13.2 Å². The van der Waals surface area contributed by atoms with E-state index in [2.05, 4.69) is 15.2 Å². The van der Waals surface area contributed by atoms with Gasteiger partial charge in [-0.2, -0.15) is 0 Å². The fraction of sp³-hybridized carbons (Fsp3) is 0.167. The van der Waals surface area contributed by atoms with Crippen molar-refractivity contribution in [1.82, 2.24) is 19.6 Å². The number of hydrogen-bond acceptors (Lipinski definition) is 6. The van der Waals surface area contributed by atoms with Crippen LogP contribution in [0.15, 0.2) is 48.8 Å². The van der Waals surface area contributed by atoms with Gasteiger partial charge < -0.3 is 15.2 Å². The smallest absolute Gasteiger partial charge is 0.175 e. The van der Waals surface area contributed by atoms with Crippen LogP contribution in [-0.2, 0) is 13.2 Å². The van der Waals surface area contributed by atoms with Crippen LogP contribution in [0.3, 0.4) is 0 Å². The molecule has 7 nitrogen and oxygen atoms in total. The molecule has 0 saturated carbocycles. The summed E-state index contributed by atoms with van der Waals surface area (Å²) in [6.07, 6.45) is 3.65. The van der Waals surface area contributed by atoms with Gasteiger partial charge in [0.1, 0.15) is 18.1 Å². The van der Waals surface area contributed by atoms with Crippen molar-refractivity contribution in [2.24, 2.45) is 5.73 Å². The number of ether oxygens (including phenoxy) is 2. The Kier molecular flexibility index (Phi) is 3.91. The zero-order chi connectivity index (χ0) is 17.2. The van der Waals surface area contributed by atoms with E-state index < -0.39 is 0 Å². The molecule has 0 aliphatic heterocycles. The van der Waals surface area contributed by atoms with E-state index in [-0.39, 0.29) is 0 Å². The van der Waals surface area contributed by atoms with E-state index in [1.165, 1.54) is 0 Å². The summed E-state index contributed by atoms with van der Waals surface area (Å²) in [5, 5.41) is 9.28. The number of benzene rings is 1. The van der Waals surface area contributed by atoms with Crippen molar-refractivity contribution in [2.75, 3.05) is 7.11 Å². The molecule has 0 radical (unpaired) electrons. The average Bonchev–Trinajstić information content (AvgIpc) is 3.07. The van der Waals surface area contributed by atoms with Crippen molar-refractivity contribution in [3.63, 3.8) is 0 Å². The molecule has 4 aromatic rings. The van der Waals surface area contributed by atoms with Crippen LogP contribution in [-0.4, -0.2) is 26.7 Å². The minimum absolute atomic E-state index is 0.292. The zero-order valence-electron chi connectivity index (χ0n) is 13.7. The third kappa shape index (κ3) is 2.85. The number of hydrogen-bond donors (Lipinski definition) is 1. The molecule has 0 amide bonds. The standard InChI is InChI=1S/C18H17N5O2/c1-24-13-3-4-14-15(8-13)20-7-6-16(14)25-11-18-22-21-17-5-2-12(9-19)10-23(17)18/h2-8,10H,9,11,19H2,1H3. The topological polar surface area (TPSA) is 87.6 Å². The van der Waals surface area contributed by atoms with Crippen LogP contribution in [0.4, 0.5) is 0 Å². The lowest BCUT2D eigenvalue weighted by atomic mass is 10.2. The molecule has 0 aliphatic rings. The third-order valence-electron chi connectivity index (χ3n) is 4.04. The summed E-state index contributed by atoms with van der Waals surface area (Å²) in [4.78, 5) is 4.36. The Labute approximate surface area is 144 Å². The highest BCUT2D eigenvalue weighted by atomic mass is 16.5. The first-order valence-corrected chi connectivity index (χ1v) is 7.86. The van der Waals surface area contributed by atoms with Gasteiger partial charge in [0.25, 0.3) is 0 Å². The Balaban J connectivity index is 1.64. The van der Waals surface area contributed by atoms with Crippen LogP contribution in [0.2, 0.25) is 0 Å². The normalized spacial score (nSPS) is 11.1. The molecule has 25 heavy (non-hydrogen) atoms. The number of nitrogens with two attached hydrogens (primary N) is 1. The van der Waals surface area contributed by atoms with Crippen molar-refractivity contribution in [1.29, 1.82) is 0 Å². The molecule has 7 heteroatoms. The summed E-state index contributed by atoms with van der Waals surface area (Å²) in [6, 6.07) is 11.4. The number of pyridine rings is 2. The number of methoxy groups -OCH3 is 1. The highest BCUT2D eigenvalue weighted by molar-refractivity contribution is 5.85. The van der Waals surface area contributed by atoms with E-state index in [1.54, 1.807) is 13.3 Å². The number of nitrogens with zero attached hydrogens (tertiary/aromatic N) is 4. The van der Waals surface area contributed by atoms with E-state index in [1.807, 2.05) is 47.0 Å². The van der Waals surface area contributed by atoms with Crippen molar-refractivity contribution in [3.8, 4) is 11.5 Å². The molecular weight excluding hydrogens is 318 g/mol. The van der Waals surface area contributed by atoms with Crippen molar-refractivity contribution < 1.29 is 9.47 Å². The molecule has 0 fully saturated rings. The SMILES string of the molecule is COc1ccc2c(OCc3nnc4ccc(CN)cn34)ccnc2c1. The highest BCUT2D eigenvalue weighted by Crippen LogP contribution is 2.27. The summed E-state index contributed by atoms with van der Waals surface area (Å²) >= 11 is 0. The Morgan fingerprint density at radius 2 is 2.04 bits per heavy atom. The van der Waals surface area contributed by atoms with Crippen LogP contribution in [0.1, 0.15) is 11.4 Å². The Bertz CT molecular complexity index is 1040. The largest absolute Gasteiger partial charge is 0.497 e. The van der Waals surface area contributed by atoms with Gasteiger partial charge in [-0.1, -0.05) is 6.07 Å². The van der Waals surface area contributed by atoms with Crippen LogP contribution >= 0.6 is 0 Å². The van der Waals surface area contributed by atoms with E-state index in [0.29, 0.717) is 19.0 Å². The number of fused-ring (bicyclic) bond motifs is 2. The third-order valence-corrected chi connectivity index (χ3v) is 4.04. The molecule has 0 unspecified atom stereocenters. The van der Waals surface area contributed by atoms with E-state index in [0.717, 1.165) is 33.6 Å². The molecule has 1 aromatic carbocycles. The lowest BCUT2D eigenvalue weighted by molar-refractivity contribution is 0.298. The first-order valence-electron chi connectivity index (χ1n) is 7.86. The Morgan fingerprint density at radius 1 is 1.12 bits per heavy atom. The Morgan fingerprint density at radius 3 is 2.88 bits per heavy atom. The minimum Gasteiger partial charge on any atom is -0.497 e. The molecule has 0 atom stereocenters. The molecule has 0 bridgehead atoms. The van der Waals surface area contributed by atoms with E-state index >= 15 is 0 Å². The van der Waals surface area contributed by atoms with Gasteiger partial charge in [0.15, 0.2) is 11.5 Å². The van der Waals surface area contributed by atoms with Crippen LogP contribution < -0.4 is 15.2 Å². The summed E-state index contributed by atoms with van der Waals surface area (Å²) in [7, 11) is 1.63. The van der Waals surface area contributed by atoms with Gasteiger partial charge in [-0.15, -0.1) is 10.2 Å². The molecule has 4 rings (SSSR count). The first kappa shape index (κ1) is 15.3. The lowest BCUT2D eigenvalue weighted by Crippen LogP contribution is -2.04. The summed E-state index contributed by atoms with van der Waals surface area (Å²) in [6.45, 7) is 0.756. The van der Waals surface area contributed by atoms with Gasteiger partial charge in [0, 0.05) is 30.4 Å². The molecule has 126 valence electrons. The maximum Gasteiger partial charge on any atom is 0.175 e. The van der Waals surface area contributed by atoms with Crippen LogP contribution in [0.25, 0.3) is 16.6 Å². The molecule has 0 saturated heterocycles. The van der Waals surface area contributed by atoms with Gasteiger partial charge in [0.2, 0.25) is 0 Å². The first-order chi connectivity index (χ1) is 12.3. The molecule has 0 spiro atoms. The fourth-order valence-electron chi connectivity index (χ4n) is 2.70. The Hall–Kier alpha value is -3.19. The summed E-state index contributed by atoms with van der Waals surface area (Å²) < 4.78 is 13.1. The van der Waals surface area contributed by atoms with E-state index in [9.17, 15) is 0 Å². The molecule has 3 heterocycles. The van der Waals surface area contributed by atoms with E-state index in [4.69, 9.17) is 15.2 Å². The predicted octanol–water partition coefficient (Wildman–Crippen LogP) is 2.32.